The number of imide groups is 2. The number of ketones is 1. The predicted octanol–water partition coefficient (Wildman–Crippen LogP) is 2.29. The number of hydrogen-bond donors (Lipinski definition) is 0. The minimum atomic E-state index is -0.970. The number of nitrogens with zero attached hydrogens (tertiary/aromatic N) is 2. The number of Topliss-reactive ketones (excluding diaryl/α,β-unsaturated/α-hetero) is 1. The van der Waals surface area contributed by atoms with Gasteiger partial charge in [0.15, 0.2) is 5.78 Å². The van der Waals surface area contributed by atoms with E-state index < -0.39 is 54.4 Å². The fourth-order valence-corrected chi connectivity index (χ4v) is 4.28. The maximum Gasteiger partial charge on any atom is 0.331 e. The second kappa shape index (κ2) is 9.78. The van der Waals surface area contributed by atoms with Crippen molar-refractivity contribution >= 4 is 41.4 Å². The van der Waals surface area contributed by atoms with Crippen molar-refractivity contribution in [2.75, 3.05) is 13.1 Å². The fraction of sp³-hybridized carbons (Fsp3) is 0.107. The summed E-state index contributed by atoms with van der Waals surface area (Å²) in [5, 5.41) is 0. The number of rotatable bonds is 7. The van der Waals surface area contributed by atoms with Gasteiger partial charge in [-0.15, -0.1) is 0 Å². The molecule has 11 heteroatoms. The molecule has 3 aromatic carbocycles. The summed E-state index contributed by atoms with van der Waals surface area (Å²) in [5.41, 5.74) is 0.596. The van der Waals surface area contributed by atoms with E-state index in [0.29, 0.717) is 0 Å². The topological polar surface area (TPSA) is 144 Å². The molecule has 194 valence electrons. The van der Waals surface area contributed by atoms with Crippen LogP contribution in [0.25, 0.3) is 0 Å². The first-order valence-corrected chi connectivity index (χ1v) is 11.6. The van der Waals surface area contributed by atoms with E-state index in [1.54, 1.807) is 24.3 Å². The van der Waals surface area contributed by atoms with Crippen LogP contribution in [0.5, 0.6) is 11.5 Å². The Morgan fingerprint density at radius 1 is 0.615 bits per heavy atom. The average Bonchev–Trinajstić information content (AvgIpc) is 3.30. The van der Waals surface area contributed by atoms with Crippen LogP contribution in [0.4, 0.5) is 0 Å². The van der Waals surface area contributed by atoms with Crippen molar-refractivity contribution in [1.82, 2.24) is 9.80 Å². The fourth-order valence-electron chi connectivity index (χ4n) is 4.28. The molecule has 0 saturated carbocycles. The molecule has 2 heterocycles. The Morgan fingerprint density at radius 2 is 1.03 bits per heavy atom. The van der Waals surface area contributed by atoms with E-state index in [0.717, 1.165) is 15.9 Å². The second-order valence-corrected chi connectivity index (χ2v) is 8.65. The Bertz CT molecular complexity index is 1550. The summed E-state index contributed by atoms with van der Waals surface area (Å²) < 4.78 is 10.5. The van der Waals surface area contributed by atoms with E-state index >= 15 is 0 Å². The molecule has 0 atom stereocenters. The van der Waals surface area contributed by atoms with Crippen LogP contribution in [0.2, 0.25) is 0 Å². The third-order valence-corrected chi connectivity index (χ3v) is 6.12. The molecule has 2 aliphatic rings. The van der Waals surface area contributed by atoms with Crippen LogP contribution in [0, 0.1) is 0 Å². The molecule has 0 bridgehead atoms. The van der Waals surface area contributed by atoms with E-state index in [4.69, 9.17) is 9.47 Å². The Kier molecular flexibility index (Phi) is 6.32. The first-order valence-electron chi connectivity index (χ1n) is 11.6. The van der Waals surface area contributed by atoms with Gasteiger partial charge >= 0.3 is 11.9 Å². The molecule has 0 saturated heterocycles. The largest absolute Gasteiger partial charge is 0.425 e. The number of hydrogen-bond acceptors (Lipinski definition) is 9. The van der Waals surface area contributed by atoms with Gasteiger partial charge in [-0.3, -0.25) is 33.8 Å². The van der Waals surface area contributed by atoms with Crippen LogP contribution < -0.4 is 9.47 Å². The monoisotopic (exact) mass is 526 g/mol. The quantitative estimate of drug-likeness (QED) is 0.196. The Morgan fingerprint density at radius 3 is 1.44 bits per heavy atom. The molecule has 0 aliphatic carbocycles. The first kappa shape index (κ1) is 25.2. The van der Waals surface area contributed by atoms with Crippen LogP contribution in [0.1, 0.15) is 58.7 Å². The van der Waals surface area contributed by atoms with Crippen molar-refractivity contribution in [2.45, 2.75) is 6.92 Å². The third kappa shape index (κ3) is 4.57. The van der Waals surface area contributed by atoms with Crippen molar-refractivity contribution in [3.63, 3.8) is 0 Å². The number of benzene rings is 3. The number of fused-ring (bicyclic) bond motifs is 2. The lowest BCUT2D eigenvalue weighted by Gasteiger charge is -2.15. The molecule has 0 unspecified atom stereocenters. The van der Waals surface area contributed by atoms with Crippen LogP contribution in [0.3, 0.4) is 0 Å². The molecule has 11 nitrogen and oxygen atoms in total. The summed E-state index contributed by atoms with van der Waals surface area (Å²) in [5.74, 6) is -5.24. The van der Waals surface area contributed by atoms with Crippen LogP contribution >= 0.6 is 0 Å². The Hall–Kier alpha value is -5.45. The molecular weight excluding hydrogens is 508 g/mol. The van der Waals surface area contributed by atoms with Crippen LogP contribution in [-0.4, -0.2) is 64.2 Å². The maximum absolute atomic E-state index is 12.6. The van der Waals surface area contributed by atoms with Gasteiger partial charge in [0.25, 0.3) is 23.6 Å². The van der Waals surface area contributed by atoms with Gasteiger partial charge in [0, 0.05) is 0 Å². The van der Waals surface area contributed by atoms with Crippen molar-refractivity contribution in [3.8, 4) is 11.5 Å². The zero-order valence-electron chi connectivity index (χ0n) is 20.3. The number of amides is 4. The highest BCUT2D eigenvalue weighted by Crippen LogP contribution is 2.27. The number of carbonyl (C=O) groups is 7. The molecule has 0 fully saturated rings. The summed E-state index contributed by atoms with van der Waals surface area (Å²) in [4.78, 5) is 88.7. The summed E-state index contributed by atoms with van der Waals surface area (Å²) in [6, 6.07) is 15.9. The maximum atomic E-state index is 12.6. The summed E-state index contributed by atoms with van der Waals surface area (Å²) >= 11 is 0. The summed E-state index contributed by atoms with van der Waals surface area (Å²) in [7, 11) is 0. The lowest BCUT2D eigenvalue weighted by molar-refractivity contribution is -0.135. The van der Waals surface area contributed by atoms with Gasteiger partial charge in [0.1, 0.15) is 24.6 Å². The zero-order chi connectivity index (χ0) is 27.8. The smallest absolute Gasteiger partial charge is 0.331 e. The summed E-state index contributed by atoms with van der Waals surface area (Å²) in [6.07, 6.45) is 0. The number of ether oxygens (including phenoxy) is 2. The van der Waals surface area contributed by atoms with Crippen molar-refractivity contribution < 1.29 is 43.0 Å². The normalized spacial score (nSPS) is 13.9. The molecule has 0 spiro atoms. The average molecular weight is 526 g/mol. The highest BCUT2D eigenvalue weighted by Gasteiger charge is 2.38. The van der Waals surface area contributed by atoms with E-state index in [1.807, 2.05) is 0 Å². The first-order chi connectivity index (χ1) is 18.7. The van der Waals surface area contributed by atoms with Gasteiger partial charge < -0.3 is 9.47 Å². The molecule has 39 heavy (non-hydrogen) atoms. The van der Waals surface area contributed by atoms with Gasteiger partial charge in [0.2, 0.25) is 0 Å². The lowest BCUT2D eigenvalue weighted by Crippen LogP contribution is -2.37. The molecule has 4 amide bonds. The van der Waals surface area contributed by atoms with Crippen molar-refractivity contribution in [2.24, 2.45) is 0 Å². The zero-order valence-corrected chi connectivity index (χ0v) is 20.3. The van der Waals surface area contributed by atoms with E-state index in [9.17, 15) is 33.6 Å². The minimum Gasteiger partial charge on any atom is -0.425 e. The van der Waals surface area contributed by atoms with Crippen molar-refractivity contribution in [3.05, 3.63) is 94.5 Å². The van der Waals surface area contributed by atoms with Gasteiger partial charge in [-0.05, 0) is 49.4 Å². The molecule has 0 radical (unpaired) electrons. The standard InChI is InChI=1S/C28H18N2O9/c1-15(31)21-12-16(38-23(32)13-29-25(34)17-6-2-3-7-18(17)26(29)35)10-11-22(21)39-24(33)14-30-27(36)19-8-4-5-9-20(19)28(30)37/h2-12H,13-14H2,1H3. The molecule has 0 aromatic heterocycles. The number of esters is 2. The predicted molar refractivity (Wildman–Crippen MR) is 131 cm³/mol. The lowest BCUT2D eigenvalue weighted by atomic mass is 10.1. The van der Waals surface area contributed by atoms with Crippen LogP contribution in [-0.2, 0) is 9.59 Å². The summed E-state index contributed by atoms with van der Waals surface area (Å²) in [6.45, 7) is -0.138. The van der Waals surface area contributed by atoms with Gasteiger partial charge in [-0.1, -0.05) is 24.3 Å². The van der Waals surface area contributed by atoms with E-state index in [1.165, 1.54) is 43.3 Å². The van der Waals surface area contributed by atoms with E-state index in [2.05, 4.69) is 0 Å². The molecule has 5 rings (SSSR count). The Balaban J connectivity index is 1.25. The molecular formula is C28H18N2O9. The van der Waals surface area contributed by atoms with Gasteiger partial charge in [-0.2, -0.15) is 0 Å². The molecule has 3 aromatic rings. The highest BCUT2D eigenvalue weighted by atomic mass is 16.5. The van der Waals surface area contributed by atoms with Crippen molar-refractivity contribution in [1.29, 1.82) is 0 Å². The van der Waals surface area contributed by atoms with E-state index in [-0.39, 0.29) is 39.3 Å². The Labute approximate surface area is 220 Å². The van der Waals surface area contributed by atoms with Gasteiger partial charge in [0.05, 0.1) is 27.8 Å². The molecule has 2 aliphatic heterocycles. The van der Waals surface area contributed by atoms with Crippen LogP contribution in [0.15, 0.2) is 66.7 Å². The third-order valence-electron chi connectivity index (χ3n) is 6.12. The second-order valence-electron chi connectivity index (χ2n) is 8.65. The molecule has 0 N–H and O–H groups in total. The SMILES string of the molecule is CC(=O)c1cc(OC(=O)CN2C(=O)c3ccccc3C2=O)ccc1OC(=O)CN1C(=O)c2ccccc2C1=O. The van der Waals surface area contributed by atoms with Gasteiger partial charge in [-0.25, -0.2) is 9.59 Å². The highest BCUT2D eigenvalue weighted by molar-refractivity contribution is 6.23. The number of carbonyl (C=O) groups excluding carboxylic acids is 7. The minimum absolute atomic E-state index is 0.0954.